The minimum Gasteiger partial charge on any atom is -0.370 e. The fourth-order valence-electron chi connectivity index (χ4n) is 0.323. The molecule has 0 aliphatic heterocycles. The zero-order valence-electron chi connectivity index (χ0n) is 5.85. The number of hydrogen-bond acceptors (Lipinski definition) is 2. The molecule has 0 aliphatic rings. The molecule has 0 rings (SSSR count). The van der Waals surface area contributed by atoms with Gasteiger partial charge >= 0.3 is 0 Å². The van der Waals surface area contributed by atoms with Gasteiger partial charge in [0.05, 0.1) is 6.26 Å². The third-order valence-electron chi connectivity index (χ3n) is 0.503. The van der Waals surface area contributed by atoms with E-state index >= 15 is 0 Å². The summed E-state index contributed by atoms with van der Waals surface area (Å²) in [4.78, 5) is 3.18. The molecule has 0 radical (unpaired) electrons. The molecule has 0 atom stereocenters. The highest BCUT2D eigenvalue weighted by molar-refractivity contribution is 7.89. The number of guanidine groups is 2. The van der Waals surface area contributed by atoms with E-state index in [-0.39, 0.29) is 5.96 Å². The maximum Gasteiger partial charge on any atom is 0.253 e. The van der Waals surface area contributed by atoms with Crippen LogP contribution in [-0.4, -0.2) is 26.6 Å². The molecule has 7 nitrogen and oxygen atoms in total. The highest BCUT2D eigenvalue weighted by Gasteiger charge is 1.97. The standard InChI is InChI=1S/C3H9N5O2S/c1-11(9,10)8-3(6)7-2(4)5/h1H3,(H6,4,5,6,7,8). The van der Waals surface area contributed by atoms with Gasteiger partial charge in [-0.2, -0.15) is 4.99 Å². The van der Waals surface area contributed by atoms with Gasteiger partial charge in [-0.15, -0.1) is 4.40 Å². The van der Waals surface area contributed by atoms with Crippen LogP contribution in [0.25, 0.3) is 0 Å². The van der Waals surface area contributed by atoms with E-state index in [1.54, 1.807) is 0 Å². The van der Waals surface area contributed by atoms with Crippen molar-refractivity contribution in [2.75, 3.05) is 6.26 Å². The van der Waals surface area contributed by atoms with Crippen LogP contribution < -0.4 is 17.2 Å². The van der Waals surface area contributed by atoms with Crippen LogP contribution in [0.4, 0.5) is 0 Å². The van der Waals surface area contributed by atoms with Crippen molar-refractivity contribution in [1.29, 1.82) is 0 Å². The summed E-state index contributed by atoms with van der Waals surface area (Å²) < 4.78 is 23.8. The molecule has 0 spiro atoms. The first-order valence-electron chi connectivity index (χ1n) is 2.46. The lowest BCUT2D eigenvalue weighted by atomic mass is 11.0. The van der Waals surface area contributed by atoms with Gasteiger partial charge in [-0.3, -0.25) is 0 Å². The average Bonchev–Trinajstić information content (AvgIpc) is 1.53. The molecule has 0 fully saturated rings. The van der Waals surface area contributed by atoms with Crippen molar-refractivity contribution in [2.24, 2.45) is 26.6 Å². The number of nitrogens with two attached hydrogens (primary N) is 3. The summed E-state index contributed by atoms with van der Waals surface area (Å²) >= 11 is 0. The molecule has 0 heterocycles. The summed E-state index contributed by atoms with van der Waals surface area (Å²) in [5.74, 6) is -0.817. The van der Waals surface area contributed by atoms with E-state index < -0.39 is 16.0 Å². The minimum absolute atomic E-state index is 0.338. The third-order valence-corrected chi connectivity index (χ3v) is 1.02. The Balaban J connectivity index is 4.64. The highest BCUT2D eigenvalue weighted by Crippen LogP contribution is 1.83. The van der Waals surface area contributed by atoms with Crippen molar-refractivity contribution in [1.82, 2.24) is 0 Å². The van der Waals surface area contributed by atoms with Gasteiger partial charge in [-0.25, -0.2) is 8.42 Å². The van der Waals surface area contributed by atoms with Gasteiger partial charge in [0.25, 0.3) is 10.0 Å². The maximum atomic E-state index is 10.4. The molecule has 11 heavy (non-hydrogen) atoms. The molecule has 0 aromatic carbocycles. The molecule has 0 aliphatic carbocycles. The van der Waals surface area contributed by atoms with Crippen molar-refractivity contribution in [2.45, 2.75) is 0 Å². The molecule has 8 heteroatoms. The predicted molar refractivity (Wildman–Crippen MR) is 42.3 cm³/mol. The largest absolute Gasteiger partial charge is 0.370 e. The van der Waals surface area contributed by atoms with E-state index in [2.05, 4.69) is 9.39 Å². The van der Waals surface area contributed by atoms with Crippen LogP contribution in [0.15, 0.2) is 9.39 Å². The van der Waals surface area contributed by atoms with Crippen LogP contribution in [0.5, 0.6) is 0 Å². The van der Waals surface area contributed by atoms with Crippen LogP contribution >= 0.6 is 0 Å². The van der Waals surface area contributed by atoms with Crippen molar-refractivity contribution in [3.63, 3.8) is 0 Å². The molecule has 0 aromatic rings. The second kappa shape index (κ2) is 3.19. The maximum absolute atomic E-state index is 10.4. The summed E-state index contributed by atoms with van der Waals surface area (Å²) in [7, 11) is -3.52. The van der Waals surface area contributed by atoms with Crippen molar-refractivity contribution in [3.05, 3.63) is 0 Å². The van der Waals surface area contributed by atoms with Gasteiger partial charge in [0.15, 0.2) is 5.96 Å². The van der Waals surface area contributed by atoms with Crippen LogP contribution in [0.2, 0.25) is 0 Å². The second-order valence-electron chi connectivity index (χ2n) is 1.72. The van der Waals surface area contributed by atoms with Gasteiger partial charge in [-0.1, -0.05) is 0 Å². The van der Waals surface area contributed by atoms with E-state index in [0.29, 0.717) is 0 Å². The van der Waals surface area contributed by atoms with Crippen molar-refractivity contribution < 1.29 is 8.42 Å². The molecule has 0 saturated heterocycles. The topological polar surface area (TPSA) is 137 Å². The molecule has 0 amide bonds. The van der Waals surface area contributed by atoms with Gasteiger partial charge in [-0.05, 0) is 0 Å². The van der Waals surface area contributed by atoms with Gasteiger partial charge < -0.3 is 17.2 Å². The molecule has 6 N–H and O–H groups in total. The fraction of sp³-hybridized carbons (Fsp3) is 0.333. The first kappa shape index (κ1) is 9.69. The molecule has 0 unspecified atom stereocenters. The molecule has 0 aromatic heterocycles. The lowest BCUT2D eigenvalue weighted by molar-refractivity contribution is 0.603. The first-order valence-corrected chi connectivity index (χ1v) is 4.31. The van der Waals surface area contributed by atoms with Crippen LogP contribution in [0, 0.1) is 0 Å². The fourth-order valence-corrected chi connectivity index (χ4v) is 0.703. The highest BCUT2D eigenvalue weighted by atomic mass is 32.2. The zero-order chi connectivity index (χ0) is 9.07. The summed E-state index contributed by atoms with van der Waals surface area (Å²) in [6.45, 7) is 0. The van der Waals surface area contributed by atoms with E-state index in [4.69, 9.17) is 17.2 Å². The number of nitrogens with zero attached hydrogens (tertiary/aromatic N) is 2. The number of hydrogen-bond donors (Lipinski definition) is 3. The Labute approximate surface area is 64.0 Å². The first-order chi connectivity index (χ1) is 4.81. The SMILES string of the molecule is CS(=O)(=O)/N=C(/N)N=C(N)N. The van der Waals surface area contributed by atoms with Crippen LogP contribution in [0.3, 0.4) is 0 Å². The number of rotatable bonds is 1. The summed E-state index contributed by atoms with van der Waals surface area (Å²) in [6, 6.07) is 0. The number of sulfonamides is 1. The molecular weight excluding hydrogens is 170 g/mol. The summed E-state index contributed by atoms with van der Waals surface area (Å²) in [5.41, 5.74) is 14.8. The lowest BCUT2D eigenvalue weighted by Crippen LogP contribution is -2.26. The summed E-state index contributed by atoms with van der Waals surface area (Å²) in [6.07, 6.45) is 0.877. The lowest BCUT2D eigenvalue weighted by Gasteiger charge is -1.91. The molecular formula is C3H9N5O2S. The molecule has 0 saturated carbocycles. The Bertz CT molecular complexity index is 285. The van der Waals surface area contributed by atoms with Crippen LogP contribution in [-0.2, 0) is 10.0 Å². The number of aliphatic imine (C=N–C) groups is 1. The van der Waals surface area contributed by atoms with E-state index in [1.807, 2.05) is 0 Å². The second-order valence-corrected chi connectivity index (χ2v) is 3.37. The average molecular weight is 179 g/mol. The van der Waals surface area contributed by atoms with Gasteiger partial charge in [0.1, 0.15) is 0 Å². The zero-order valence-corrected chi connectivity index (χ0v) is 6.67. The van der Waals surface area contributed by atoms with E-state index in [1.165, 1.54) is 0 Å². The monoisotopic (exact) mass is 179 g/mol. The normalized spacial score (nSPS) is 12.6. The summed E-state index contributed by atoms with van der Waals surface area (Å²) in [5, 5.41) is 0. The smallest absolute Gasteiger partial charge is 0.253 e. The Kier molecular flexibility index (Phi) is 2.81. The van der Waals surface area contributed by atoms with Crippen molar-refractivity contribution >= 4 is 21.9 Å². The van der Waals surface area contributed by atoms with Crippen molar-refractivity contribution in [3.8, 4) is 0 Å². The Morgan fingerprint density at radius 3 is 2.00 bits per heavy atom. The van der Waals surface area contributed by atoms with Gasteiger partial charge in [0.2, 0.25) is 5.96 Å². The van der Waals surface area contributed by atoms with Crippen LogP contribution in [0.1, 0.15) is 0 Å². The quantitative estimate of drug-likeness (QED) is 0.302. The third kappa shape index (κ3) is 6.58. The van der Waals surface area contributed by atoms with E-state index in [9.17, 15) is 8.42 Å². The Morgan fingerprint density at radius 1 is 1.27 bits per heavy atom. The Morgan fingerprint density at radius 2 is 1.73 bits per heavy atom. The van der Waals surface area contributed by atoms with Gasteiger partial charge in [0, 0.05) is 0 Å². The molecule has 64 valence electrons. The minimum atomic E-state index is -3.52. The molecule has 0 bridgehead atoms. The van der Waals surface area contributed by atoms with E-state index in [0.717, 1.165) is 6.26 Å². The predicted octanol–water partition coefficient (Wildman–Crippen LogP) is -2.47. The Hall–Kier alpha value is -1.31.